The molecule has 0 aromatic heterocycles. The van der Waals surface area contributed by atoms with E-state index in [2.05, 4.69) is 6.07 Å². The minimum absolute atomic E-state index is 0.106. The zero-order valence-electron chi connectivity index (χ0n) is 12.3. The summed E-state index contributed by atoms with van der Waals surface area (Å²) in [6.45, 7) is 3.35. The quantitative estimate of drug-likeness (QED) is 0.906. The van der Waals surface area contributed by atoms with Crippen molar-refractivity contribution in [2.24, 2.45) is 5.92 Å². The normalized spacial score (nSPS) is 27.7. The highest BCUT2D eigenvalue weighted by molar-refractivity contribution is 7.86. The minimum atomic E-state index is -3.49. The third kappa shape index (κ3) is 2.61. The Morgan fingerprint density at radius 2 is 1.95 bits per heavy atom. The molecule has 1 aromatic rings. The van der Waals surface area contributed by atoms with Gasteiger partial charge in [-0.2, -0.15) is 17.0 Å². The van der Waals surface area contributed by atoms with Gasteiger partial charge in [0.05, 0.1) is 12.6 Å². The fourth-order valence-corrected chi connectivity index (χ4v) is 5.22. The number of aliphatic hydroxyl groups is 1. The van der Waals surface area contributed by atoms with Crippen LogP contribution in [0.1, 0.15) is 24.5 Å². The van der Waals surface area contributed by atoms with E-state index in [0.717, 1.165) is 18.4 Å². The SMILES string of the molecule is CC1CCN(S(=O)(=O)N2CCc3ccccc3C2)C1CO. The first-order chi connectivity index (χ1) is 10.0. The first-order valence-electron chi connectivity index (χ1n) is 7.48. The van der Waals surface area contributed by atoms with Crippen molar-refractivity contribution < 1.29 is 13.5 Å². The van der Waals surface area contributed by atoms with Gasteiger partial charge in [-0.05, 0) is 29.9 Å². The lowest BCUT2D eigenvalue weighted by Gasteiger charge is -2.34. The van der Waals surface area contributed by atoms with E-state index in [1.165, 1.54) is 9.87 Å². The lowest BCUT2D eigenvalue weighted by molar-refractivity contribution is 0.183. The van der Waals surface area contributed by atoms with Crippen LogP contribution in [0.2, 0.25) is 0 Å². The summed E-state index contributed by atoms with van der Waals surface area (Å²) in [5.41, 5.74) is 2.32. The van der Waals surface area contributed by atoms with Gasteiger partial charge >= 0.3 is 0 Å². The van der Waals surface area contributed by atoms with Crippen molar-refractivity contribution in [1.29, 1.82) is 0 Å². The predicted molar refractivity (Wildman–Crippen MR) is 80.8 cm³/mol. The summed E-state index contributed by atoms with van der Waals surface area (Å²) in [5, 5.41) is 9.50. The van der Waals surface area contributed by atoms with Crippen molar-refractivity contribution in [3.8, 4) is 0 Å². The number of nitrogens with zero attached hydrogens (tertiary/aromatic N) is 2. The van der Waals surface area contributed by atoms with Crippen LogP contribution in [0.25, 0.3) is 0 Å². The van der Waals surface area contributed by atoms with Crippen molar-refractivity contribution in [2.45, 2.75) is 32.4 Å². The average molecular weight is 310 g/mol. The molecule has 0 spiro atoms. The molecule has 1 N–H and O–H groups in total. The maximum atomic E-state index is 12.9. The van der Waals surface area contributed by atoms with E-state index in [-0.39, 0.29) is 18.6 Å². The van der Waals surface area contributed by atoms with E-state index in [9.17, 15) is 13.5 Å². The molecule has 2 aliphatic heterocycles. The highest BCUT2D eigenvalue weighted by atomic mass is 32.2. The molecular weight excluding hydrogens is 288 g/mol. The summed E-state index contributed by atoms with van der Waals surface area (Å²) in [7, 11) is -3.49. The van der Waals surface area contributed by atoms with Crippen LogP contribution < -0.4 is 0 Å². The summed E-state index contributed by atoms with van der Waals surface area (Å²) < 4.78 is 28.7. The van der Waals surface area contributed by atoms with Crippen LogP contribution in [0.4, 0.5) is 0 Å². The second-order valence-corrected chi connectivity index (χ2v) is 7.87. The van der Waals surface area contributed by atoms with Crippen molar-refractivity contribution in [1.82, 2.24) is 8.61 Å². The molecule has 2 aliphatic rings. The standard InChI is InChI=1S/C15H22N2O3S/c1-12-6-9-17(15(12)11-18)21(19,20)16-8-7-13-4-2-3-5-14(13)10-16/h2-5,12,15,18H,6-11H2,1H3. The molecule has 21 heavy (non-hydrogen) atoms. The lowest BCUT2D eigenvalue weighted by Crippen LogP contribution is -2.49. The van der Waals surface area contributed by atoms with Crippen LogP contribution in [-0.2, 0) is 23.2 Å². The highest BCUT2D eigenvalue weighted by Gasteiger charge is 2.41. The smallest absolute Gasteiger partial charge is 0.282 e. The summed E-state index contributed by atoms with van der Waals surface area (Å²) in [6, 6.07) is 7.71. The van der Waals surface area contributed by atoms with Crippen LogP contribution >= 0.6 is 0 Å². The Morgan fingerprint density at radius 3 is 2.67 bits per heavy atom. The average Bonchev–Trinajstić information content (AvgIpc) is 2.88. The number of fused-ring (bicyclic) bond motifs is 1. The Kier molecular flexibility index (Phi) is 4.05. The van der Waals surface area contributed by atoms with Gasteiger partial charge in [0, 0.05) is 19.6 Å². The van der Waals surface area contributed by atoms with Crippen molar-refractivity contribution in [2.75, 3.05) is 19.7 Å². The Labute approximate surface area is 126 Å². The Morgan fingerprint density at radius 1 is 1.24 bits per heavy atom. The van der Waals surface area contributed by atoms with Gasteiger partial charge in [-0.1, -0.05) is 31.2 Å². The molecule has 0 bridgehead atoms. The van der Waals surface area contributed by atoms with Gasteiger partial charge in [-0.25, -0.2) is 0 Å². The summed E-state index contributed by atoms with van der Waals surface area (Å²) >= 11 is 0. The number of rotatable bonds is 3. The number of benzene rings is 1. The summed E-state index contributed by atoms with van der Waals surface area (Å²) in [6.07, 6.45) is 1.57. The molecule has 1 saturated heterocycles. The molecule has 116 valence electrons. The molecule has 5 nitrogen and oxygen atoms in total. The first-order valence-corrected chi connectivity index (χ1v) is 8.88. The van der Waals surface area contributed by atoms with E-state index in [1.54, 1.807) is 4.31 Å². The van der Waals surface area contributed by atoms with Crippen molar-refractivity contribution in [3.05, 3.63) is 35.4 Å². The number of aliphatic hydroxyl groups excluding tert-OH is 1. The molecule has 0 radical (unpaired) electrons. The molecule has 2 unspecified atom stereocenters. The maximum absolute atomic E-state index is 12.9. The van der Waals surface area contributed by atoms with Gasteiger partial charge in [0.25, 0.3) is 10.2 Å². The number of hydrogen-bond acceptors (Lipinski definition) is 3. The van der Waals surface area contributed by atoms with Crippen LogP contribution in [-0.4, -0.2) is 47.9 Å². The molecule has 0 amide bonds. The van der Waals surface area contributed by atoms with Crippen LogP contribution in [0.15, 0.2) is 24.3 Å². The minimum Gasteiger partial charge on any atom is -0.395 e. The van der Waals surface area contributed by atoms with Gasteiger partial charge in [-0.3, -0.25) is 0 Å². The fraction of sp³-hybridized carbons (Fsp3) is 0.600. The Balaban J connectivity index is 1.84. The first kappa shape index (κ1) is 15.0. The molecule has 2 heterocycles. The highest BCUT2D eigenvalue weighted by Crippen LogP contribution is 2.30. The number of hydrogen-bond donors (Lipinski definition) is 1. The lowest BCUT2D eigenvalue weighted by atomic mass is 10.0. The van der Waals surface area contributed by atoms with E-state index in [4.69, 9.17) is 0 Å². The second-order valence-electron chi connectivity index (χ2n) is 5.99. The molecule has 1 aromatic carbocycles. The monoisotopic (exact) mass is 310 g/mol. The van der Waals surface area contributed by atoms with Crippen LogP contribution in [0.5, 0.6) is 0 Å². The third-order valence-corrected chi connectivity index (χ3v) is 6.75. The Hall–Kier alpha value is -0.950. The van der Waals surface area contributed by atoms with Gasteiger partial charge in [0.15, 0.2) is 0 Å². The van der Waals surface area contributed by atoms with Crippen molar-refractivity contribution in [3.63, 3.8) is 0 Å². The van der Waals surface area contributed by atoms with Gasteiger partial charge in [-0.15, -0.1) is 0 Å². The molecule has 3 rings (SSSR count). The van der Waals surface area contributed by atoms with E-state index < -0.39 is 10.2 Å². The van der Waals surface area contributed by atoms with Crippen molar-refractivity contribution >= 4 is 10.2 Å². The molecule has 0 saturated carbocycles. The predicted octanol–water partition coefficient (Wildman–Crippen LogP) is 0.992. The maximum Gasteiger partial charge on any atom is 0.282 e. The van der Waals surface area contributed by atoms with Gasteiger partial charge in [0.2, 0.25) is 0 Å². The van der Waals surface area contributed by atoms with Gasteiger partial charge < -0.3 is 5.11 Å². The van der Waals surface area contributed by atoms with E-state index in [0.29, 0.717) is 19.6 Å². The molecule has 2 atom stereocenters. The van der Waals surface area contributed by atoms with Crippen LogP contribution in [0.3, 0.4) is 0 Å². The molecule has 6 heteroatoms. The largest absolute Gasteiger partial charge is 0.395 e. The topological polar surface area (TPSA) is 60.9 Å². The van der Waals surface area contributed by atoms with Crippen LogP contribution in [0, 0.1) is 5.92 Å². The molecule has 0 aliphatic carbocycles. The van der Waals surface area contributed by atoms with Gasteiger partial charge in [0.1, 0.15) is 0 Å². The molecular formula is C15H22N2O3S. The summed E-state index contributed by atoms with van der Waals surface area (Å²) in [4.78, 5) is 0. The van der Waals surface area contributed by atoms with E-state index in [1.807, 2.05) is 25.1 Å². The third-order valence-electron chi connectivity index (χ3n) is 4.74. The zero-order chi connectivity index (χ0) is 15.0. The Bertz CT molecular complexity index is 617. The second kappa shape index (κ2) is 5.68. The molecule has 1 fully saturated rings. The summed E-state index contributed by atoms with van der Waals surface area (Å²) in [5.74, 6) is 0.210. The van der Waals surface area contributed by atoms with E-state index >= 15 is 0 Å². The zero-order valence-corrected chi connectivity index (χ0v) is 13.1. The fourth-order valence-electron chi connectivity index (χ4n) is 3.35.